The van der Waals surface area contributed by atoms with Crippen LogP contribution in [-0.2, 0) is 0 Å². The fourth-order valence-corrected chi connectivity index (χ4v) is 4.11. The molecule has 0 aliphatic heterocycles. The van der Waals surface area contributed by atoms with Crippen molar-refractivity contribution in [2.75, 3.05) is 0 Å². The zero-order valence-electron chi connectivity index (χ0n) is 12.4. The van der Waals surface area contributed by atoms with Crippen LogP contribution in [0.4, 0.5) is 0 Å². The zero-order valence-corrected chi connectivity index (χ0v) is 13.2. The van der Waals surface area contributed by atoms with Gasteiger partial charge in [0.05, 0.1) is 0 Å². The Bertz CT molecular complexity index is 888. The molecule has 0 aliphatic carbocycles. The van der Waals surface area contributed by atoms with Crippen LogP contribution in [0.2, 0.25) is 0 Å². The van der Waals surface area contributed by atoms with Gasteiger partial charge >= 0.3 is 0 Å². The second-order valence-corrected chi connectivity index (χ2v) is 6.55. The van der Waals surface area contributed by atoms with Gasteiger partial charge in [-0.25, -0.2) is 0 Å². The summed E-state index contributed by atoms with van der Waals surface area (Å²) < 4.78 is 0. The molecule has 1 unspecified atom stereocenters. The second-order valence-electron chi connectivity index (χ2n) is 5.57. The number of thiophene rings is 1. The summed E-state index contributed by atoms with van der Waals surface area (Å²) in [5, 5.41) is 3.48. The number of rotatable bonds is 3. The average molecular weight is 303 g/mol. The molecule has 0 aliphatic rings. The first-order valence-corrected chi connectivity index (χ1v) is 8.38. The van der Waals surface area contributed by atoms with Gasteiger partial charge in [0.25, 0.3) is 0 Å². The highest BCUT2D eigenvalue weighted by Gasteiger charge is 2.23. The number of aromatic amines is 1. The highest BCUT2D eigenvalue weighted by molar-refractivity contribution is 7.10. The molecule has 2 heterocycles. The fourth-order valence-electron chi connectivity index (χ4n) is 3.24. The Morgan fingerprint density at radius 2 is 1.64 bits per heavy atom. The van der Waals surface area contributed by atoms with Crippen molar-refractivity contribution in [1.29, 1.82) is 0 Å². The third kappa shape index (κ3) is 2.16. The fraction of sp³-hybridized carbons (Fsp3) is 0.100. The largest absolute Gasteiger partial charge is 0.358 e. The van der Waals surface area contributed by atoms with Crippen LogP contribution in [-0.4, -0.2) is 4.98 Å². The lowest BCUT2D eigenvalue weighted by molar-refractivity contribution is 0.994. The molecule has 0 amide bonds. The first-order valence-electron chi connectivity index (χ1n) is 7.50. The van der Waals surface area contributed by atoms with Crippen LogP contribution in [0.25, 0.3) is 10.9 Å². The quantitative estimate of drug-likeness (QED) is 0.498. The number of nitrogens with one attached hydrogen (secondary N) is 1. The molecule has 0 saturated carbocycles. The Morgan fingerprint density at radius 1 is 0.864 bits per heavy atom. The van der Waals surface area contributed by atoms with Crippen molar-refractivity contribution in [2.24, 2.45) is 0 Å². The van der Waals surface area contributed by atoms with Gasteiger partial charge in [-0.2, -0.15) is 0 Å². The predicted molar refractivity (Wildman–Crippen MR) is 94.7 cm³/mol. The van der Waals surface area contributed by atoms with E-state index in [2.05, 4.69) is 84.0 Å². The SMILES string of the molecule is Cc1[nH]c2ccccc2c1C(c1ccccc1)c1cccs1. The number of H-pyrrole nitrogens is 1. The number of hydrogen-bond acceptors (Lipinski definition) is 1. The van der Waals surface area contributed by atoms with Gasteiger partial charge in [-0.3, -0.25) is 0 Å². The molecule has 0 bridgehead atoms. The van der Waals surface area contributed by atoms with Crippen LogP contribution in [0, 0.1) is 6.92 Å². The first kappa shape index (κ1) is 13.4. The van der Waals surface area contributed by atoms with Crippen LogP contribution in [0.1, 0.15) is 27.6 Å². The Morgan fingerprint density at radius 3 is 2.41 bits per heavy atom. The van der Waals surface area contributed by atoms with Gasteiger partial charge in [-0.05, 0) is 35.6 Å². The van der Waals surface area contributed by atoms with Crippen molar-refractivity contribution in [2.45, 2.75) is 12.8 Å². The highest BCUT2D eigenvalue weighted by Crippen LogP contribution is 2.39. The minimum atomic E-state index is 0.289. The predicted octanol–water partition coefficient (Wildman–Crippen LogP) is 5.72. The summed E-state index contributed by atoms with van der Waals surface area (Å²) in [7, 11) is 0. The number of aromatic nitrogens is 1. The standard InChI is InChI=1S/C20H17NS/c1-14-19(16-10-5-6-11-17(16)21-14)20(18-12-7-13-22-18)15-8-3-2-4-9-15/h2-13,20-21H,1H3. The molecule has 2 aromatic heterocycles. The van der Waals surface area contributed by atoms with Crippen molar-refractivity contribution in [3.8, 4) is 0 Å². The molecule has 22 heavy (non-hydrogen) atoms. The lowest BCUT2D eigenvalue weighted by atomic mass is 9.88. The molecule has 4 rings (SSSR count). The molecule has 0 saturated heterocycles. The van der Waals surface area contributed by atoms with Gasteiger partial charge in [-0.15, -0.1) is 11.3 Å². The van der Waals surface area contributed by atoms with Crippen molar-refractivity contribution in [3.63, 3.8) is 0 Å². The molecule has 4 aromatic rings. The molecule has 1 N–H and O–H groups in total. The summed E-state index contributed by atoms with van der Waals surface area (Å²) in [5.41, 5.74) is 5.21. The minimum absolute atomic E-state index is 0.289. The maximum Gasteiger partial charge on any atom is 0.0459 e. The van der Waals surface area contributed by atoms with E-state index in [1.807, 2.05) is 11.3 Å². The number of aryl methyl sites for hydroxylation is 1. The van der Waals surface area contributed by atoms with E-state index < -0.39 is 0 Å². The van der Waals surface area contributed by atoms with E-state index in [0.717, 1.165) is 0 Å². The Kier molecular flexibility index (Phi) is 3.32. The number of benzene rings is 2. The van der Waals surface area contributed by atoms with Crippen molar-refractivity contribution < 1.29 is 0 Å². The second kappa shape index (κ2) is 5.47. The van der Waals surface area contributed by atoms with Gasteiger partial charge in [0.1, 0.15) is 0 Å². The lowest BCUT2D eigenvalue weighted by Gasteiger charge is -2.17. The van der Waals surface area contributed by atoms with Crippen LogP contribution >= 0.6 is 11.3 Å². The van der Waals surface area contributed by atoms with Gasteiger partial charge in [-0.1, -0.05) is 54.6 Å². The van der Waals surface area contributed by atoms with E-state index >= 15 is 0 Å². The molecule has 0 fully saturated rings. The summed E-state index contributed by atoms with van der Waals surface area (Å²) in [6.45, 7) is 2.18. The number of para-hydroxylation sites is 1. The summed E-state index contributed by atoms with van der Waals surface area (Å²) in [5.74, 6) is 0.289. The maximum absolute atomic E-state index is 3.54. The Labute approximate surface area is 134 Å². The van der Waals surface area contributed by atoms with E-state index in [4.69, 9.17) is 0 Å². The van der Waals surface area contributed by atoms with Crippen LogP contribution < -0.4 is 0 Å². The van der Waals surface area contributed by atoms with Crippen LogP contribution in [0.3, 0.4) is 0 Å². The Hall–Kier alpha value is -2.32. The monoisotopic (exact) mass is 303 g/mol. The molecule has 1 nitrogen and oxygen atoms in total. The van der Waals surface area contributed by atoms with Crippen molar-refractivity contribution in [3.05, 3.63) is 93.8 Å². The van der Waals surface area contributed by atoms with E-state index in [-0.39, 0.29) is 5.92 Å². The van der Waals surface area contributed by atoms with E-state index in [1.54, 1.807) is 0 Å². The molecule has 1 atom stereocenters. The molecule has 0 radical (unpaired) electrons. The molecular formula is C20H17NS. The zero-order chi connectivity index (χ0) is 14.9. The summed E-state index contributed by atoms with van der Waals surface area (Å²) >= 11 is 1.83. The first-order chi connectivity index (χ1) is 10.8. The molecule has 0 spiro atoms. The normalized spacial score (nSPS) is 12.6. The number of hydrogen-bond donors (Lipinski definition) is 1. The van der Waals surface area contributed by atoms with Gasteiger partial charge < -0.3 is 4.98 Å². The van der Waals surface area contributed by atoms with Crippen LogP contribution in [0.15, 0.2) is 72.1 Å². The van der Waals surface area contributed by atoms with Crippen molar-refractivity contribution >= 4 is 22.2 Å². The average Bonchev–Trinajstić information content (AvgIpc) is 3.18. The summed E-state index contributed by atoms with van der Waals surface area (Å²) in [6.07, 6.45) is 0. The van der Waals surface area contributed by atoms with Crippen molar-refractivity contribution in [1.82, 2.24) is 4.98 Å². The smallest absolute Gasteiger partial charge is 0.0459 e. The molecule has 2 aromatic carbocycles. The van der Waals surface area contributed by atoms with E-state index in [1.165, 1.54) is 32.6 Å². The van der Waals surface area contributed by atoms with Crippen LogP contribution in [0.5, 0.6) is 0 Å². The maximum atomic E-state index is 3.54. The lowest BCUT2D eigenvalue weighted by Crippen LogP contribution is -2.02. The van der Waals surface area contributed by atoms with E-state index in [9.17, 15) is 0 Å². The summed E-state index contributed by atoms with van der Waals surface area (Å²) in [6, 6.07) is 23.7. The molecular weight excluding hydrogens is 286 g/mol. The highest BCUT2D eigenvalue weighted by atomic mass is 32.1. The third-order valence-electron chi connectivity index (χ3n) is 4.19. The van der Waals surface area contributed by atoms with Gasteiger partial charge in [0.15, 0.2) is 0 Å². The van der Waals surface area contributed by atoms with E-state index in [0.29, 0.717) is 0 Å². The summed E-state index contributed by atoms with van der Waals surface area (Å²) in [4.78, 5) is 4.93. The van der Waals surface area contributed by atoms with Gasteiger partial charge in [0, 0.05) is 27.4 Å². The number of fused-ring (bicyclic) bond motifs is 1. The van der Waals surface area contributed by atoms with Gasteiger partial charge in [0.2, 0.25) is 0 Å². The molecule has 2 heteroatoms. The molecule has 108 valence electrons. The topological polar surface area (TPSA) is 15.8 Å². The Balaban J connectivity index is 2.00. The minimum Gasteiger partial charge on any atom is -0.358 e. The third-order valence-corrected chi connectivity index (χ3v) is 5.13.